The number of carboxylic acid groups (broad SMARTS) is 1. The van der Waals surface area contributed by atoms with Gasteiger partial charge in [0, 0.05) is 19.5 Å². The standard InChI is InChI=1S/C12H21NO3S/c1-2-7-17-9-11(14)13-5-3-10(4-6-13)8-12(15)16/h10H,2-9H2,1H3,(H,15,16). The summed E-state index contributed by atoms with van der Waals surface area (Å²) < 4.78 is 0. The second kappa shape index (κ2) is 7.58. The van der Waals surface area contributed by atoms with Crippen LogP contribution >= 0.6 is 11.8 Å². The zero-order valence-corrected chi connectivity index (χ0v) is 11.2. The van der Waals surface area contributed by atoms with E-state index in [1.54, 1.807) is 11.8 Å². The van der Waals surface area contributed by atoms with E-state index in [1.807, 2.05) is 4.90 Å². The van der Waals surface area contributed by atoms with Crippen molar-refractivity contribution in [1.29, 1.82) is 0 Å². The van der Waals surface area contributed by atoms with Gasteiger partial charge in [0.1, 0.15) is 0 Å². The number of rotatable bonds is 6. The Kier molecular flexibility index (Phi) is 6.40. The van der Waals surface area contributed by atoms with Gasteiger partial charge in [-0.15, -0.1) is 0 Å². The fourth-order valence-electron chi connectivity index (χ4n) is 2.03. The van der Waals surface area contributed by atoms with Crippen molar-refractivity contribution in [1.82, 2.24) is 4.90 Å². The van der Waals surface area contributed by atoms with Crippen molar-refractivity contribution < 1.29 is 14.7 Å². The normalized spacial score (nSPS) is 17.1. The number of hydrogen-bond acceptors (Lipinski definition) is 3. The Hall–Kier alpha value is -0.710. The number of carbonyl (C=O) groups excluding carboxylic acids is 1. The number of hydrogen-bond donors (Lipinski definition) is 1. The first-order valence-electron chi connectivity index (χ1n) is 6.20. The van der Waals surface area contributed by atoms with Gasteiger partial charge in [0.2, 0.25) is 5.91 Å². The average Bonchev–Trinajstić information content (AvgIpc) is 2.29. The molecule has 1 N–H and O–H groups in total. The molecule has 98 valence electrons. The number of carboxylic acids is 1. The van der Waals surface area contributed by atoms with Gasteiger partial charge >= 0.3 is 5.97 Å². The van der Waals surface area contributed by atoms with E-state index in [0.29, 0.717) is 5.75 Å². The molecule has 0 radical (unpaired) electrons. The number of nitrogens with zero attached hydrogens (tertiary/aromatic N) is 1. The predicted octanol–water partition coefficient (Wildman–Crippen LogP) is 1.84. The van der Waals surface area contributed by atoms with Crippen LogP contribution in [0.3, 0.4) is 0 Å². The van der Waals surface area contributed by atoms with Crippen LogP contribution in [-0.2, 0) is 9.59 Å². The van der Waals surface area contributed by atoms with Gasteiger partial charge in [-0.05, 0) is 30.9 Å². The lowest BCUT2D eigenvalue weighted by Crippen LogP contribution is -2.39. The Balaban J connectivity index is 2.21. The monoisotopic (exact) mass is 259 g/mol. The summed E-state index contributed by atoms with van der Waals surface area (Å²) in [4.78, 5) is 24.2. The lowest BCUT2D eigenvalue weighted by Gasteiger charge is -2.31. The smallest absolute Gasteiger partial charge is 0.303 e. The minimum Gasteiger partial charge on any atom is -0.481 e. The van der Waals surface area contributed by atoms with Gasteiger partial charge in [0.05, 0.1) is 5.75 Å². The number of thioether (sulfide) groups is 1. The summed E-state index contributed by atoms with van der Waals surface area (Å²) in [6.07, 6.45) is 3.00. The van der Waals surface area contributed by atoms with Crippen LogP contribution in [0.25, 0.3) is 0 Å². The number of carbonyl (C=O) groups is 2. The Morgan fingerprint density at radius 3 is 2.53 bits per heavy atom. The lowest BCUT2D eigenvalue weighted by atomic mass is 9.94. The van der Waals surface area contributed by atoms with E-state index in [4.69, 9.17) is 5.11 Å². The highest BCUT2D eigenvalue weighted by Gasteiger charge is 2.23. The second-order valence-corrected chi connectivity index (χ2v) is 5.58. The maximum Gasteiger partial charge on any atom is 0.303 e. The van der Waals surface area contributed by atoms with Crippen LogP contribution in [0.4, 0.5) is 0 Å². The summed E-state index contributed by atoms with van der Waals surface area (Å²) in [6.45, 7) is 3.56. The topological polar surface area (TPSA) is 57.6 Å². The van der Waals surface area contributed by atoms with Gasteiger partial charge in [-0.3, -0.25) is 9.59 Å². The van der Waals surface area contributed by atoms with E-state index in [0.717, 1.165) is 38.1 Å². The van der Waals surface area contributed by atoms with E-state index in [9.17, 15) is 9.59 Å². The summed E-state index contributed by atoms with van der Waals surface area (Å²) in [5, 5.41) is 8.70. The van der Waals surface area contributed by atoms with Gasteiger partial charge in [-0.1, -0.05) is 6.92 Å². The Morgan fingerprint density at radius 1 is 1.35 bits per heavy atom. The molecule has 0 bridgehead atoms. The fraction of sp³-hybridized carbons (Fsp3) is 0.833. The molecule has 1 aliphatic rings. The van der Waals surface area contributed by atoms with E-state index in [2.05, 4.69) is 6.92 Å². The van der Waals surface area contributed by atoms with Crippen LogP contribution in [-0.4, -0.2) is 46.5 Å². The van der Waals surface area contributed by atoms with E-state index >= 15 is 0 Å². The summed E-state index contributed by atoms with van der Waals surface area (Å²) in [6, 6.07) is 0. The second-order valence-electron chi connectivity index (χ2n) is 4.47. The first-order chi connectivity index (χ1) is 8.13. The molecule has 17 heavy (non-hydrogen) atoms. The van der Waals surface area contributed by atoms with Gasteiger partial charge in [-0.25, -0.2) is 0 Å². The number of amides is 1. The molecule has 1 amide bonds. The molecule has 1 fully saturated rings. The van der Waals surface area contributed by atoms with Crippen molar-refractivity contribution in [3.8, 4) is 0 Å². The minimum atomic E-state index is -0.728. The third kappa shape index (κ3) is 5.44. The minimum absolute atomic E-state index is 0.206. The first-order valence-corrected chi connectivity index (χ1v) is 7.36. The third-order valence-corrected chi connectivity index (χ3v) is 4.15. The largest absolute Gasteiger partial charge is 0.481 e. The van der Waals surface area contributed by atoms with Crippen molar-refractivity contribution in [3.05, 3.63) is 0 Å². The molecule has 0 aliphatic carbocycles. The molecule has 0 spiro atoms. The van der Waals surface area contributed by atoms with Gasteiger partial charge < -0.3 is 10.0 Å². The highest BCUT2D eigenvalue weighted by molar-refractivity contribution is 7.99. The quantitative estimate of drug-likeness (QED) is 0.740. The summed E-state index contributed by atoms with van der Waals surface area (Å²) in [5.41, 5.74) is 0. The van der Waals surface area contributed by atoms with Gasteiger partial charge in [0.15, 0.2) is 0 Å². The molecule has 1 aliphatic heterocycles. The van der Waals surface area contributed by atoms with Crippen LogP contribution < -0.4 is 0 Å². The Bertz CT molecular complexity index is 262. The highest BCUT2D eigenvalue weighted by Crippen LogP contribution is 2.21. The fourth-order valence-corrected chi connectivity index (χ4v) is 2.82. The number of aliphatic carboxylic acids is 1. The van der Waals surface area contributed by atoms with Gasteiger partial charge in [-0.2, -0.15) is 11.8 Å². The van der Waals surface area contributed by atoms with E-state index in [-0.39, 0.29) is 18.2 Å². The summed E-state index contributed by atoms with van der Waals surface area (Å²) in [5.74, 6) is 1.32. The molecule has 0 aromatic rings. The summed E-state index contributed by atoms with van der Waals surface area (Å²) >= 11 is 1.68. The van der Waals surface area contributed by atoms with Crippen molar-refractivity contribution in [2.24, 2.45) is 5.92 Å². The molecular weight excluding hydrogens is 238 g/mol. The molecule has 0 aromatic heterocycles. The zero-order chi connectivity index (χ0) is 12.7. The van der Waals surface area contributed by atoms with Crippen LogP contribution in [0.15, 0.2) is 0 Å². The number of likely N-dealkylation sites (tertiary alicyclic amines) is 1. The van der Waals surface area contributed by atoms with Crippen LogP contribution in [0.2, 0.25) is 0 Å². The molecule has 0 unspecified atom stereocenters. The molecule has 5 heteroatoms. The molecule has 0 aromatic carbocycles. The molecule has 0 saturated carbocycles. The highest BCUT2D eigenvalue weighted by atomic mass is 32.2. The molecule has 1 saturated heterocycles. The van der Waals surface area contributed by atoms with E-state index in [1.165, 1.54) is 0 Å². The summed E-state index contributed by atoms with van der Waals surface area (Å²) in [7, 11) is 0. The lowest BCUT2D eigenvalue weighted by molar-refractivity contribution is -0.138. The zero-order valence-electron chi connectivity index (χ0n) is 10.4. The van der Waals surface area contributed by atoms with Crippen molar-refractivity contribution in [2.45, 2.75) is 32.6 Å². The van der Waals surface area contributed by atoms with Gasteiger partial charge in [0.25, 0.3) is 0 Å². The average molecular weight is 259 g/mol. The maximum absolute atomic E-state index is 11.8. The van der Waals surface area contributed by atoms with Crippen LogP contribution in [0.5, 0.6) is 0 Å². The van der Waals surface area contributed by atoms with Crippen molar-refractivity contribution >= 4 is 23.6 Å². The van der Waals surface area contributed by atoms with Crippen molar-refractivity contribution in [3.63, 3.8) is 0 Å². The predicted molar refractivity (Wildman–Crippen MR) is 69.2 cm³/mol. The van der Waals surface area contributed by atoms with E-state index < -0.39 is 5.97 Å². The van der Waals surface area contributed by atoms with Crippen LogP contribution in [0.1, 0.15) is 32.6 Å². The van der Waals surface area contributed by atoms with Crippen LogP contribution in [0, 0.1) is 5.92 Å². The van der Waals surface area contributed by atoms with Crippen molar-refractivity contribution in [2.75, 3.05) is 24.6 Å². The molecule has 1 heterocycles. The molecule has 4 nitrogen and oxygen atoms in total. The molecule has 0 atom stereocenters. The maximum atomic E-state index is 11.8. The Labute approximate surface area is 107 Å². The number of piperidine rings is 1. The SMILES string of the molecule is CCCSCC(=O)N1CCC(CC(=O)O)CC1. The Morgan fingerprint density at radius 2 is 2.00 bits per heavy atom. The molecular formula is C12H21NO3S. The first kappa shape index (κ1) is 14.4. The third-order valence-electron chi connectivity index (χ3n) is 3.00. The molecule has 1 rings (SSSR count).